The van der Waals surface area contributed by atoms with Gasteiger partial charge in [-0.05, 0) is 86.8 Å². The second-order valence-corrected chi connectivity index (χ2v) is 10.0. The minimum Gasteiger partial charge on any atom is -0.494 e. The van der Waals surface area contributed by atoms with E-state index in [9.17, 15) is 0 Å². The van der Waals surface area contributed by atoms with Crippen molar-refractivity contribution in [1.82, 2.24) is 0 Å². The number of hydrogen-bond donors (Lipinski definition) is 0. The second kappa shape index (κ2) is 13.2. The fourth-order valence-corrected chi connectivity index (χ4v) is 5.65. The van der Waals surface area contributed by atoms with Gasteiger partial charge in [0.2, 0.25) is 0 Å². The Kier molecular flexibility index (Phi) is 10.3. The summed E-state index contributed by atoms with van der Waals surface area (Å²) in [6.45, 7) is 5.28. The Morgan fingerprint density at radius 1 is 0.800 bits per heavy atom. The van der Waals surface area contributed by atoms with Crippen LogP contribution in [0.3, 0.4) is 0 Å². The van der Waals surface area contributed by atoms with Crippen LogP contribution >= 0.6 is 0 Å². The molecule has 0 saturated heterocycles. The van der Waals surface area contributed by atoms with E-state index in [0.717, 1.165) is 36.5 Å². The summed E-state index contributed by atoms with van der Waals surface area (Å²) >= 11 is 0. The van der Waals surface area contributed by atoms with E-state index in [2.05, 4.69) is 44.2 Å². The van der Waals surface area contributed by atoms with Crippen LogP contribution in [0.1, 0.15) is 109 Å². The lowest BCUT2D eigenvalue weighted by Gasteiger charge is -2.35. The van der Waals surface area contributed by atoms with Crippen LogP contribution < -0.4 is 4.74 Å². The molecule has 0 heterocycles. The van der Waals surface area contributed by atoms with Gasteiger partial charge in [-0.15, -0.1) is 0 Å². The van der Waals surface area contributed by atoms with E-state index in [1.54, 1.807) is 5.57 Å². The zero-order chi connectivity index (χ0) is 21.0. The number of allylic oxidation sites excluding steroid dienone is 2. The molecular weight excluding hydrogens is 364 g/mol. The lowest BCUT2D eigenvalue weighted by molar-refractivity contribution is 0.185. The van der Waals surface area contributed by atoms with Gasteiger partial charge in [0.1, 0.15) is 5.75 Å². The van der Waals surface area contributed by atoms with E-state index in [-0.39, 0.29) is 0 Å². The van der Waals surface area contributed by atoms with E-state index in [0.29, 0.717) is 0 Å². The number of benzene rings is 1. The lowest BCUT2D eigenvalue weighted by atomic mass is 9.70. The highest BCUT2D eigenvalue weighted by molar-refractivity contribution is 5.28. The molecule has 1 unspecified atom stereocenters. The molecule has 0 bridgehead atoms. The van der Waals surface area contributed by atoms with E-state index >= 15 is 0 Å². The zero-order valence-corrected chi connectivity index (χ0v) is 19.8. The van der Waals surface area contributed by atoms with Gasteiger partial charge < -0.3 is 4.74 Å². The quantitative estimate of drug-likeness (QED) is 0.247. The average Bonchev–Trinajstić information content (AvgIpc) is 2.81. The van der Waals surface area contributed by atoms with Gasteiger partial charge in [0, 0.05) is 0 Å². The number of unbranched alkanes of at least 4 members (excludes halogenated alkanes) is 3. The third-order valence-electron chi connectivity index (χ3n) is 7.70. The Hall–Kier alpha value is -1.24. The van der Waals surface area contributed by atoms with Gasteiger partial charge in [-0.1, -0.05) is 82.6 Å². The molecule has 0 radical (unpaired) electrons. The summed E-state index contributed by atoms with van der Waals surface area (Å²) in [5.41, 5.74) is 3.15. The minimum atomic E-state index is 0.814. The summed E-state index contributed by atoms with van der Waals surface area (Å²) in [4.78, 5) is 0. The van der Waals surface area contributed by atoms with Crippen LogP contribution in [0, 0.1) is 17.8 Å². The number of aryl methyl sites for hydroxylation is 1. The third-order valence-corrected chi connectivity index (χ3v) is 7.70. The first kappa shape index (κ1) is 23.4. The fraction of sp³-hybridized carbons (Fsp3) is 0.724. The summed E-state index contributed by atoms with van der Waals surface area (Å²) < 4.78 is 5.70. The van der Waals surface area contributed by atoms with E-state index in [1.165, 1.54) is 95.5 Å². The van der Waals surface area contributed by atoms with Crippen LogP contribution in [0.25, 0.3) is 0 Å². The van der Waals surface area contributed by atoms with Crippen molar-refractivity contribution < 1.29 is 4.74 Å². The lowest BCUT2D eigenvalue weighted by Crippen LogP contribution is -2.23. The number of hydrogen-bond acceptors (Lipinski definition) is 1. The predicted molar refractivity (Wildman–Crippen MR) is 130 cm³/mol. The molecule has 1 aromatic rings. The van der Waals surface area contributed by atoms with Crippen molar-refractivity contribution in [2.45, 2.75) is 110 Å². The maximum atomic E-state index is 5.70. The number of rotatable bonds is 12. The normalized spacial score (nSPS) is 24.5. The molecule has 0 aliphatic heterocycles. The maximum Gasteiger partial charge on any atom is 0.119 e. The molecule has 30 heavy (non-hydrogen) atoms. The molecule has 1 aromatic carbocycles. The van der Waals surface area contributed by atoms with Crippen LogP contribution in [-0.4, -0.2) is 6.61 Å². The van der Waals surface area contributed by atoms with E-state index in [4.69, 9.17) is 4.74 Å². The summed E-state index contributed by atoms with van der Waals surface area (Å²) in [7, 11) is 0. The van der Waals surface area contributed by atoms with Crippen molar-refractivity contribution in [2.75, 3.05) is 6.61 Å². The minimum absolute atomic E-state index is 0.814. The molecule has 1 saturated carbocycles. The SMILES string of the molecule is CCCCCCC1CCC(C2CC=C(CCc3ccc(OCCC)cc3)CC2)CC1. The molecule has 168 valence electrons. The highest BCUT2D eigenvalue weighted by atomic mass is 16.5. The Morgan fingerprint density at radius 2 is 1.60 bits per heavy atom. The highest BCUT2D eigenvalue weighted by Crippen LogP contribution is 2.41. The van der Waals surface area contributed by atoms with Crippen LogP contribution in [0.5, 0.6) is 5.75 Å². The van der Waals surface area contributed by atoms with Gasteiger partial charge in [-0.3, -0.25) is 0 Å². The Balaban J connectivity index is 1.33. The second-order valence-electron chi connectivity index (χ2n) is 10.0. The summed E-state index contributed by atoms with van der Waals surface area (Å²) in [5.74, 6) is 4.05. The predicted octanol–water partition coefficient (Wildman–Crippen LogP) is 8.91. The van der Waals surface area contributed by atoms with E-state index in [1.807, 2.05) is 0 Å². The monoisotopic (exact) mass is 410 g/mol. The fourth-order valence-electron chi connectivity index (χ4n) is 5.65. The molecule has 2 aliphatic rings. The van der Waals surface area contributed by atoms with Gasteiger partial charge in [0.05, 0.1) is 6.61 Å². The molecule has 1 nitrogen and oxygen atoms in total. The molecule has 0 amide bonds. The maximum absolute atomic E-state index is 5.70. The van der Waals surface area contributed by atoms with Gasteiger partial charge in [0.15, 0.2) is 0 Å². The molecule has 1 heteroatoms. The highest BCUT2D eigenvalue weighted by Gasteiger charge is 2.28. The molecule has 0 N–H and O–H groups in total. The van der Waals surface area contributed by atoms with Crippen LogP contribution in [-0.2, 0) is 6.42 Å². The van der Waals surface area contributed by atoms with Crippen molar-refractivity contribution in [1.29, 1.82) is 0 Å². The van der Waals surface area contributed by atoms with Crippen LogP contribution in [0.15, 0.2) is 35.9 Å². The van der Waals surface area contributed by atoms with Gasteiger partial charge in [-0.25, -0.2) is 0 Å². The zero-order valence-electron chi connectivity index (χ0n) is 19.8. The first-order valence-corrected chi connectivity index (χ1v) is 13.2. The molecule has 1 atom stereocenters. The standard InChI is InChI=1S/C29H46O/c1-3-5-6-7-8-24-11-17-27(18-12-24)28-19-13-25(14-20-28)9-10-26-15-21-29(22-16-26)30-23-4-2/h13,15-16,21-22,24,27-28H,3-12,14,17-20,23H2,1-2H3. The first-order valence-electron chi connectivity index (χ1n) is 13.2. The van der Waals surface area contributed by atoms with E-state index < -0.39 is 0 Å². The van der Waals surface area contributed by atoms with Crippen molar-refractivity contribution >= 4 is 0 Å². The number of ether oxygens (including phenoxy) is 1. The average molecular weight is 411 g/mol. The first-order chi connectivity index (χ1) is 14.8. The molecule has 0 aromatic heterocycles. The van der Waals surface area contributed by atoms with Crippen molar-refractivity contribution in [3.8, 4) is 5.75 Å². The Labute approximate surface area is 186 Å². The third kappa shape index (κ3) is 7.78. The van der Waals surface area contributed by atoms with Crippen molar-refractivity contribution in [2.24, 2.45) is 17.8 Å². The summed E-state index contributed by atoms with van der Waals surface area (Å²) in [6.07, 6.45) is 23.5. The molecule has 3 rings (SSSR count). The Morgan fingerprint density at radius 3 is 2.27 bits per heavy atom. The van der Waals surface area contributed by atoms with Crippen molar-refractivity contribution in [3.05, 3.63) is 41.5 Å². The van der Waals surface area contributed by atoms with Gasteiger partial charge >= 0.3 is 0 Å². The summed E-state index contributed by atoms with van der Waals surface area (Å²) in [6, 6.07) is 8.77. The Bertz CT molecular complexity index is 606. The molecule has 1 fully saturated rings. The molecule has 0 spiro atoms. The van der Waals surface area contributed by atoms with Crippen LogP contribution in [0.2, 0.25) is 0 Å². The largest absolute Gasteiger partial charge is 0.494 e. The molecule has 2 aliphatic carbocycles. The van der Waals surface area contributed by atoms with Crippen LogP contribution in [0.4, 0.5) is 0 Å². The molecular formula is C29H46O. The smallest absolute Gasteiger partial charge is 0.119 e. The topological polar surface area (TPSA) is 9.23 Å². The summed E-state index contributed by atoms with van der Waals surface area (Å²) in [5, 5.41) is 0. The van der Waals surface area contributed by atoms with Gasteiger partial charge in [-0.2, -0.15) is 0 Å². The van der Waals surface area contributed by atoms with Crippen molar-refractivity contribution in [3.63, 3.8) is 0 Å². The van der Waals surface area contributed by atoms with Gasteiger partial charge in [0.25, 0.3) is 0 Å².